The second-order valence-corrected chi connectivity index (χ2v) is 6.86. The Balaban J connectivity index is 1.75. The lowest BCUT2D eigenvalue weighted by atomic mass is 10.1. The maximum Gasteiger partial charge on any atom is 0.275 e. The molecular formula is C19H22Cl2N3O2+. The van der Waals surface area contributed by atoms with Crippen molar-refractivity contribution in [3.8, 4) is 0 Å². The van der Waals surface area contributed by atoms with Gasteiger partial charge in [-0.1, -0.05) is 41.4 Å². The molecule has 4 N–H and O–H groups in total. The fourth-order valence-corrected chi connectivity index (χ4v) is 2.68. The van der Waals surface area contributed by atoms with Gasteiger partial charge in [0, 0.05) is 21.3 Å². The third-order valence-corrected chi connectivity index (χ3v) is 4.70. The van der Waals surface area contributed by atoms with Gasteiger partial charge >= 0.3 is 0 Å². The smallest absolute Gasteiger partial charge is 0.275 e. The Morgan fingerprint density at radius 1 is 1.08 bits per heavy atom. The van der Waals surface area contributed by atoms with Crippen molar-refractivity contribution >= 4 is 40.7 Å². The number of carbonyl (C=O) groups is 2. The summed E-state index contributed by atoms with van der Waals surface area (Å²) in [5.74, 6) is -0.502. The van der Waals surface area contributed by atoms with Crippen LogP contribution < -0.4 is 16.0 Å². The highest BCUT2D eigenvalue weighted by Crippen LogP contribution is 2.22. The van der Waals surface area contributed by atoms with Gasteiger partial charge in [0.1, 0.15) is 6.04 Å². The van der Waals surface area contributed by atoms with E-state index in [-0.39, 0.29) is 30.9 Å². The van der Waals surface area contributed by atoms with Crippen molar-refractivity contribution in [3.05, 3.63) is 63.6 Å². The Labute approximate surface area is 163 Å². The fourth-order valence-electron chi connectivity index (χ4n) is 2.37. The molecule has 26 heavy (non-hydrogen) atoms. The summed E-state index contributed by atoms with van der Waals surface area (Å²) in [6.07, 6.45) is 0. The van der Waals surface area contributed by atoms with E-state index in [0.29, 0.717) is 15.7 Å². The first-order valence-electron chi connectivity index (χ1n) is 8.27. The maximum atomic E-state index is 12.0. The first-order valence-corrected chi connectivity index (χ1v) is 9.03. The lowest BCUT2D eigenvalue weighted by Gasteiger charge is -2.12. The average molecular weight is 395 g/mol. The van der Waals surface area contributed by atoms with Gasteiger partial charge in [-0.2, -0.15) is 0 Å². The molecule has 0 aromatic heterocycles. The number of rotatable bonds is 7. The summed E-state index contributed by atoms with van der Waals surface area (Å²) in [7, 11) is 0. The zero-order valence-corrected chi connectivity index (χ0v) is 16.2. The summed E-state index contributed by atoms with van der Waals surface area (Å²) in [4.78, 5) is 23.9. The number of anilines is 1. The number of nitrogens with two attached hydrogens (primary N) is 1. The summed E-state index contributed by atoms with van der Waals surface area (Å²) in [5, 5.41) is 8.52. The predicted molar refractivity (Wildman–Crippen MR) is 104 cm³/mol. The van der Waals surface area contributed by atoms with E-state index >= 15 is 0 Å². The number of benzene rings is 2. The highest BCUT2D eigenvalue weighted by molar-refractivity contribution is 6.31. The molecule has 2 amide bonds. The molecule has 0 spiro atoms. The molecule has 0 heterocycles. The van der Waals surface area contributed by atoms with E-state index in [1.165, 1.54) is 0 Å². The van der Waals surface area contributed by atoms with E-state index in [1.54, 1.807) is 18.2 Å². The molecule has 2 aromatic rings. The molecule has 0 saturated heterocycles. The van der Waals surface area contributed by atoms with Crippen LogP contribution in [-0.4, -0.2) is 24.9 Å². The van der Waals surface area contributed by atoms with Crippen molar-refractivity contribution in [2.24, 2.45) is 0 Å². The Hall–Kier alpha value is -2.08. The van der Waals surface area contributed by atoms with E-state index in [4.69, 9.17) is 23.2 Å². The van der Waals surface area contributed by atoms with E-state index in [0.717, 1.165) is 11.1 Å². The fraction of sp³-hybridized carbons (Fsp3) is 0.263. The molecule has 0 aliphatic carbocycles. The van der Waals surface area contributed by atoms with Crippen LogP contribution in [0.15, 0.2) is 42.5 Å². The molecule has 1 atom stereocenters. The monoisotopic (exact) mass is 394 g/mol. The summed E-state index contributed by atoms with van der Waals surface area (Å²) in [6.45, 7) is 3.97. The number of carbonyl (C=O) groups excluding carboxylic acids is 2. The molecule has 2 rings (SSSR count). The molecule has 0 saturated carbocycles. The van der Waals surface area contributed by atoms with Crippen LogP contribution in [0.2, 0.25) is 10.0 Å². The minimum atomic E-state index is -0.297. The van der Waals surface area contributed by atoms with Crippen LogP contribution >= 0.6 is 23.2 Å². The highest BCUT2D eigenvalue weighted by atomic mass is 35.5. The van der Waals surface area contributed by atoms with Gasteiger partial charge in [0.25, 0.3) is 5.91 Å². The van der Waals surface area contributed by atoms with Crippen LogP contribution in [0, 0.1) is 6.92 Å². The van der Waals surface area contributed by atoms with Crippen molar-refractivity contribution in [1.29, 1.82) is 0 Å². The number of hydrogen-bond donors (Lipinski definition) is 3. The molecule has 0 fully saturated rings. The SMILES string of the molecule is Cc1c(Cl)cccc1NC(=O)CNC(=O)C[NH2+][C@H](C)c1ccc(Cl)cc1. The molecule has 5 nitrogen and oxygen atoms in total. The van der Waals surface area contributed by atoms with Gasteiger partial charge < -0.3 is 16.0 Å². The molecule has 0 unspecified atom stereocenters. The second-order valence-electron chi connectivity index (χ2n) is 6.02. The largest absolute Gasteiger partial charge is 0.342 e. The number of hydrogen-bond acceptors (Lipinski definition) is 2. The molecular weight excluding hydrogens is 373 g/mol. The molecule has 0 bridgehead atoms. The van der Waals surface area contributed by atoms with Crippen LogP contribution in [0.25, 0.3) is 0 Å². The van der Waals surface area contributed by atoms with Crippen molar-refractivity contribution in [2.75, 3.05) is 18.4 Å². The quantitative estimate of drug-likeness (QED) is 0.675. The van der Waals surface area contributed by atoms with E-state index in [2.05, 4.69) is 10.6 Å². The third-order valence-electron chi connectivity index (χ3n) is 4.04. The minimum Gasteiger partial charge on any atom is -0.342 e. The summed E-state index contributed by atoms with van der Waals surface area (Å²) < 4.78 is 0. The lowest BCUT2D eigenvalue weighted by molar-refractivity contribution is -0.682. The molecule has 0 radical (unpaired) electrons. The van der Waals surface area contributed by atoms with E-state index in [9.17, 15) is 9.59 Å². The maximum absolute atomic E-state index is 12.0. The zero-order valence-electron chi connectivity index (χ0n) is 14.7. The Morgan fingerprint density at radius 3 is 2.46 bits per heavy atom. The van der Waals surface area contributed by atoms with Crippen molar-refractivity contribution in [3.63, 3.8) is 0 Å². The van der Waals surface area contributed by atoms with Crippen LogP contribution in [0.1, 0.15) is 24.1 Å². The van der Waals surface area contributed by atoms with Gasteiger partial charge in [-0.3, -0.25) is 9.59 Å². The van der Waals surface area contributed by atoms with Gasteiger partial charge in [-0.15, -0.1) is 0 Å². The summed E-state index contributed by atoms with van der Waals surface area (Å²) in [5.41, 5.74) is 2.51. The summed E-state index contributed by atoms with van der Waals surface area (Å²) >= 11 is 11.9. The van der Waals surface area contributed by atoms with Crippen molar-refractivity contribution < 1.29 is 14.9 Å². The molecule has 0 aliphatic rings. The van der Waals surface area contributed by atoms with Gasteiger partial charge in [0.15, 0.2) is 6.54 Å². The van der Waals surface area contributed by atoms with Crippen molar-refractivity contribution in [1.82, 2.24) is 5.32 Å². The molecule has 2 aromatic carbocycles. The third kappa shape index (κ3) is 6.02. The molecule has 7 heteroatoms. The molecule has 0 aliphatic heterocycles. The van der Waals surface area contributed by atoms with Crippen LogP contribution in [-0.2, 0) is 9.59 Å². The molecule has 138 valence electrons. The Morgan fingerprint density at radius 2 is 1.77 bits per heavy atom. The van der Waals surface area contributed by atoms with Crippen LogP contribution in [0.5, 0.6) is 0 Å². The Kier molecular flexibility index (Phi) is 7.45. The van der Waals surface area contributed by atoms with Crippen molar-refractivity contribution in [2.45, 2.75) is 19.9 Å². The highest BCUT2D eigenvalue weighted by Gasteiger charge is 2.13. The first kappa shape index (κ1) is 20.2. The standard InChI is InChI=1S/C19H21Cl2N3O2/c1-12-16(21)4-3-5-17(12)24-19(26)11-23-18(25)10-22-13(2)14-6-8-15(20)9-7-14/h3-9,13,22H,10-11H2,1-2H3,(H,23,25)(H,24,26)/p+1/t13-/m1/s1. The van der Waals surface area contributed by atoms with Gasteiger partial charge in [0.05, 0.1) is 6.54 Å². The first-order chi connectivity index (χ1) is 12.4. The van der Waals surface area contributed by atoms with Gasteiger partial charge in [-0.05, 0) is 43.7 Å². The lowest BCUT2D eigenvalue weighted by Crippen LogP contribution is -2.87. The Bertz CT molecular complexity index is 779. The van der Waals surface area contributed by atoms with E-state index in [1.807, 2.05) is 43.4 Å². The minimum absolute atomic E-state index is 0.0893. The zero-order chi connectivity index (χ0) is 19.1. The predicted octanol–water partition coefficient (Wildman–Crippen LogP) is 2.68. The average Bonchev–Trinajstić information content (AvgIpc) is 2.62. The van der Waals surface area contributed by atoms with Gasteiger partial charge in [0.2, 0.25) is 5.91 Å². The number of quaternary nitrogens is 1. The van der Waals surface area contributed by atoms with Gasteiger partial charge in [-0.25, -0.2) is 0 Å². The summed E-state index contributed by atoms with van der Waals surface area (Å²) in [6, 6.07) is 12.9. The number of amides is 2. The number of nitrogens with one attached hydrogen (secondary N) is 2. The topological polar surface area (TPSA) is 74.8 Å². The van der Waals surface area contributed by atoms with Crippen LogP contribution in [0.3, 0.4) is 0 Å². The van der Waals surface area contributed by atoms with Crippen LogP contribution in [0.4, 0.5) is 5.69 Å². The second kappa shape index (κ2) is 9.57. The van der Waals surface area contributed by atoms with E-state index < -0.39 is 0 Å². The number of halogens is 2. The normalized spacial score (nSPS) is 11.7.